The first-order chi connectivity index (χ1) is 21.9. The van der Waals surface area contributed by atoms with Crippen LogP contribution in [0.25, 0.3) is 0 Å². The van der Waals surface area contributed by atoms with E-state index in [9.17, 15) is 49.4 Å². The van der Waals surface area contributed by atoms with Crippen molar-refractivity contribution in [2.45, 2.75) is 6.92 Å². The van der Waals surface area contributed by atoms with E-state index in [-0.39, 0.29) is 130 Å². The van der Waals surface area contributed by atoms with Crippen LogP contribution < -0.4 is 14.9 Å². The quantitative estimate of drug-likeness (QED) is 0.0555. The van der Waals surface area contributed by atoms with E-state index in [1.807, 2.05) is 0 Å². The molecule has 1 aliphatic rings. The Balaban J connectivity index is 0.0000110. The molecule has 1 N–H and O–H groups in total. The van der Waals surface area contributed by atoms with Crippen LogP contribution in [0.2, 0.25) is 0 Å². The minimum absolute atomic E-state index is 0. The minimum Gasteiger partial charge on any atom is -0.549 e. The van der Waals surface area contributed by atoms with Crippen LogP contribution in [0.5, 0.6) is 5.75 Å². The van der Waals surface area contributed by atoms with Gasteiger partial charge in [-0.3, -0.25) is 39.3 Å². The zero-order chi connectivity index (χ0) is 34.1. The molecule has 1 fully saturated rings. The summed E-state index contributed by atoms with van der Waals surface area (Å²) in [6, 6.07) is 4.88. The van der Waals surface area contributed by atoms with E-state index in [4.69, 9.17) is 9.47 Å². The number of esters is 1. The number of aliphatic carboxylic acids is 3. The molecule has 1 saturated heterocycles. The molecule has 0 spiro atoms. The number of carboxylic acid groups (broad SMARTS) is 3. The summed E-state index contributed by atoms with van der Waals surface area (Å²) < 4.78 is 10.6. The number of hydrogen-bond acceptors (Lipinski definition) is 15. The van der Waals surface area contributed by atoms with Gasteiger partial charge in [-0.2, -0.15) is 0 Å². The van der Waals surface area contributed by atoms with Crippen molar-refractivity contribution in [1.82, 2.24) is 24.5 Å². The molecule has 0 aliphatic carbocycles. The maximum atomic E-state index is 13.5. The first-order valence-corrected chi connectivity index (χ1v) is 14.7. The maximum absolute atomic E-state index is 13.5. The van der Waals surface area contributed by atoms with E-state index in [2.05, 4.69) is 0 Å². The summed E-state index contributed by atoms with van der Waals surface area (Å²) in [6.45, 7) is 1.95. The Bertz CT molecular complexity index is 1160. The number of carbonyl (C=O) groups excluding carboxylic acids is 4. The third kappa shape index (κ3) is 17.7. The number of carboxylic acids is 3. The second-order valence-corrected chi connectivity index (χ2v) is 10.5. The SMILES string of the molecule is CCOCCN(CC(=O)Oc1ccc([N+](=O)[O-])cc1)C(=O)CN1CCN(CC(=O)[O-])CCN(CC(=O)[O-])CCN(CC(=O)O)CC1.[Gd+3]. The molecule has 261 valence electrons. The Morgan fingerprint density at radius 3 is 1.66 bits per heavy atom. The monoisotopic (exact) mass is 810 g/mol. The molecule has 0 atom stereocenters. The largest absolute Gasteiger partial charge is 3.00 e. The molecular formula is C28H40GdN6O12+. The van der Waals surface area contributed by atoms with E-state index in [0.29, 0.717) is 6.61 Å². The van der Waals surface area contributed by atoms with Crippen molar-refractivity contribution in [3.63, 3.8) is 0 Å². The number of nitro benzene ring substituents is 1. The summed E-state index contributed by atoms with van der Waals surface area (Å²) in [7, 11) is 0. The van der Waals surface area contributed by atoms with Crippen LogP contribution >= 0.6 is 0 Å². The van der Waals surface area contributed by atoms with Crippen LogP contribution in [-0.2, 0) is 28.7 Å². The van der Waals surface area contributed by atoms with Gasteiger partial charge in [0.15, 0.2) is 0 Å². The molecule has 18 nitrogen and oxygen atoms in total. The Labute approximate surface area is 304 Å². The topological polar surface area (TPSA) is 229 Å². The van der Waals surface area contributed by atoms with Crippen molar-refractivity contribution in [2.75, 3.05) is 105 Å². The molecule has 1 aromatic carbocycles. The van der Waals surface area contributed by atoms with Gasteiger partial charge in [-0.05, 0) is 19.1 Å². The van der Waals surface area contributed by atoms with Gasteiger partial charge in [0, 0.05) is 90.7 Å². The summed E-state index contributed by atoms with van der Waals surface area (Å²) in [4.78, 5) is 78.4. The van der Waals surface area contributed by atoms with Crippen LogP contribution in [0.1, 0.15) is 6.92 Å². The van der Waals surface area contributed by atoms with Gasteiger partial charge >= 0.3 is 51.9 Å². The minimum atomic E-state index is -1.33. The van der Waals surface area contributed by atoms with E-state index in [1.165, 1.54) is 29.2 Å². The van der Waals surface area contributed by atoms with Crippen molar-refractivity contribution < 1.29 is 93.6 Å². The number of non-ortho nitro benzene ring substituents is 1. The predicted molar refractivity (Wildman–Crippen MR) is 155 cm³/mol. The third-order valence-corrected chi connectivity index (χ3v) is 7.01. The standard InChI is InChI=1S/C28H42N6O12.Gd/c1-2-45-16-15-33(21-28(42)46-23-5-3-22(4-6-23)34(43)44)24(35)17-29-7-9-30(18-25(36)37)11-13-32(20-27(40)41)14-12-31(10-8-29)19-26(38)39;/h3-6H,2,7-21H2,1H3,(H,36,37)(H,38,39)(H,40,41);/q;+3/p-2. The van der Waals surface area contributed by atoms with Crippen molar-refractivity contribution in [2.24, 2.45) is 0 Å². The predicted octanol–water partition coefficient (Wildman–Crippen LogP) is -3.83. The average Bonchev–Trinajstić information content (AvgIpc) is 2.97. The zero-order valence-corrected chi connectivity index (χ0v) is 28.4. The Morgan fingerprint density at radius 1 is 0.809 bits per heavy atom. The van der Waals surface area contributed by atoms with Gasteiger partial charge in [0.2, 0.25) is 5.91 Å². The van der Waals surface area contributed by atoms with Crippen LogP contribution in [0.4, 0.5) is 5.69 Å². The van der Waals surface area contributed by atoms with E-state index >= 15 is 0 Å². The molecule has 2 rings (SSSR count). The molecule has 0 bridgehead atoms. The van der Waals surface area contributed by atoms with Gasteiger partial charge in [-0.1, -0.05) is 0 Å². The number of ether oxygens (including phenoxy) is 2. The molecule has 1 aliphatic heterocycles. The fourth-order valence-corrected chi connectivity index (χ4v) is 4.63. The van der Waals surface area contributed by atoms with Crippen LogP contribution in [0.15, 0.2) is 24.3 Å². The molecule has 0 saturated carbocycles. The van der Waals surface area contributed by atoms with Gasteiger partial charge in [0.05, 0.1) is 36.6 Å². The number of nitrogens with zero attached hydrogens (tertiary/aromatic N) is 6. The summed E-state index contributed by atoms with van der Waals surface area (Å²) in [5, 5.41) is 43.0. The summed E-state index contributed by atoms with van der Waals surface area (Å²) in [6.07, 6.45) is 0. The fourth-order valence-electron chi connectivity index (χ4n) is 4.63. The molecule has 47 heavy (non-hydrogen) atoms. The zero-order valence-electron chi connectivity index (χ0n) is 26.1. The Hall–Kier alpha value is -2.91. The number of hydrogen-bond donors (Lipinski definition) is 1. The number of rotatable bonds is 16. The van der Waals surface area contributed by atoms with Gasteiger partial charge in [0.25, 0.3) is 5.69 Å². The van der Waals surface area contributed by atoms with E-state index < -0.39 is 54.3 Å². The second kappa shape index (κ2) is 22.6. The van der Waals surface area contributed by atoms with Crippen LogP contribution in [0, 0.1) is 50.1 Å². The molecule has 1 amide bonds. The maximum Gasteiger partial charge on any atom is 3.00 e. The smallest absolute Gasteiger partial charge is 0.549 e. The van der Waals surface area contributed by atoms with Crippen LogP contribution in [0.3, 0.4) is 0 Å². The number of nitro groups is 1. The number of benzene rings is 1. The fraction of sp³-hybridized carbons (Fsp3) is 0.607. The summed E-state index contributed by atoms with van der Waals surface area (Å²) in [5.41, 5.74) is -0.186. The molecule has 1 aromatic rings. The van der Waals surface area contributed by atoms with E-state index in [0.717, 1.165) is 0 Å². The number of amides is 1. The molecule has 1 radical (unpaired) electrons. The summed E-state index contributed by atoms with van der Waals surface area (Å²) in [5.74, 6) is -4.94. The molecular weight excluding hydrogens is 770 g/mol. The first-order valence-electron chi connectivity index (χ1n) is 14.7. The van der Waals surface area contributed by atoms with Crippen molar-refractivity contribution >= 4 is 35.5 Å². The van der Waals surface area contributed by atoms with Crippen LogP contribution in [-0.4, -0.2) is 169 Å². The second-order valence-electron chi connectivity index (χ2n) is 10.5. The molecule has 0 unspecified atom stereocenters. The van der Waals surface area contributed by atoms with Crippen molar-refractivity contribution in [3.05, 3.63) is 34.4 Å². The normalized spacial score (nSPS) is 15.8. The van der Waals surface area contributed by atoms with Gasteiger partial charge in [0.1, 0.15) is 12.3 Å². The first kappa shape index (κ1) is 42.1. The van der Waals surface area contributed by atoms with Crippen molar-refractivity contribution in [1.29, 1.82) is 0 Å². The van der Waals surface area contributed by atoms with Crippen molar-refractivity contribution in [3.8, 4) is 5.75 Å². The van der Waals surface area contributed by atoms with Gasteiger partial charge in [-0.25, -0.2) is 4.79 Å². The molecule has 1 heterocycles. The van der Waals surface area contributed by atoms with Gasteiger partial charge in [-0.15, -0.1) is 0 Å². The average molecular weight is 810 g/mol. The molecule has 0 aromatic heterocycles. The van der Waals surface area contributed by atoms with E-state index in [1.54, 1.807) is 26.5 Å². The number of carbonyl (C=O) groups is 5. The summed E-state index contributed by atoms with van der Waals surface area (Å²) >= 11 is 0. The Morgan fingerprint density at radius 2 is 1.26 bits per heavy atom. The Kier molecular flexibility index (Phi) is 20.3. The third-order valence-electron chi connectivity index (χ3n) is 7.01. The van der Waals surface area contributed by atoms with Gasteiger partial charge < -0.3 is 39.3 Å². The molecule has 19 heteroatoms.